The summed E-state index contributed by atoms with van der Waals surface area (Å²) in [5, 5.41) is 9.83. The standard InChI is InChI=1S/C24H34O5S/c1-2-3-4-5-6-7-8-9-10-11-13-20-16-17-21(25)18-24(20)29-22-14-12-15-23(19-22)30(26,27)28/h12,14-19,25H,2-11,13H2,1H3,(H,26,27,28). The average molecular weight is 435 g/mol. The minimum absolute atomic E-state index is 0.0859. The van der Waals surface area contributed by atoms with Gasteiger partial charge in [0, 0.05) is 12.1 Å². The van der Waals surface area contributed by atoms with Crippen molar-refractivity contribution in [2.75, 3.05) is 0 Å². The van der Waals surface area contributed by atoms with E-state index in [1.807, 2.05) is 6.07 Å². The molecule has 2 aromatic rings. The molecule has 0 saturated heterocycles. The first kappa shape index (κ1) is 24.2. The molecule has 5 nitrogen and oxygen atoms in total. The van der Waals surface area contributed by atoms with Gasteiger partial charge in [0.1, 0.15) is 17.2 Å². The van der Waals surface area contributed by atoms with Crippen LogP contribution in [0, 0.1) is 0 Å². The number of phenols is 1. The zero-order valence-electron chi connectivity index (χ0n) is 17.8. The van der Waals surface area contributed by atoms with Gasteiger partial charge in [-0.1, -0.05) is 76.8 Å². The normalized spacial score (nSPS) is 11.5. The van der Waals surface area contributed by atoms with Crippen LogP contribution in [0.3, 0.4) is 0 Å². The topological polar surface area (TPSA) is 83.8 Å². The molecule has 0 unspecified atom stereocenters. The highest BCUT2D eigenvalue weighted by Crippen LogP contribution is 2.31. The lowest BCUT2D eigenvalue weighted by Gasteiger charge is -2.12. The van der Waals surface area contributed by atoms with Crippen molar-refractivity contribution >= 4 is 10.1 Å². The van der Waals surface area contributed by atoms with E-state index in [4.69, 9.17) is 4.74 Å². The summed E-state index contributed by atoms with van der Waals surface area (Å²) in [4.78, 5) is -0.226. The van der Waals surface area contributed by atoms with E-state index < -0.39 is 10.1 Å². The lowest BCUT2D eigenvalue weighted by atomic mass is 10.0. The summed E-state index contributed by atoms with van der Waals surface area (Å²) in [6.45, 7) is 2.24. The van der Waals surface area contributed by atoms with Crippen molar-refractivity contribution in [2.24, 2.45) is 0 Å². The van der Waals surface area contributed by atoms with E-state index in [1.165, 1.54) is 75.6 Å². The molecule has 2 rings (SSSR count). The maximum Gasteiger partial charge on any atom is 0.294 e. The molecular weight excluding hydrogens is 400 g/mol. The second-order valence-corrected chi connectivity index (χ2v) is 9.20. The number of unbranched alkanes of at least 4 members (excludes halogenated alkanes) is 9. The fourth-order valence-electron chi connectivity index (χ4n) is 3.47. The summed E-state index contributed by atoms with van der Waals surface area (Å²) < 4.78 is 37.7. The third-order valence-corrected chi connectivity index (χ3v) is 6.03. The summed E-state index contributed by atoms with van der Waals surface area (Å²) in [7, 11) is -4.30. The van der Waals surface area contributed by atoms with E-state index in [-0.39, 0.29) is 10.6 Å². The van der Waals surface area contributed by atoms with Gasteiger partial charge in [-0.2, -0.15) is 8.42 Å². The molecule has 0 amide bonds. The SMILES string of the molecule is CCCCCCCCCCCCc1ccc(O)cc1Oc1cccc(S(=O)(=O)O)c1. The first-order chi connectivity index (χ1) is 14.4. The Bertz CT molecular complexity index is 877. The number of aryl methyl sites for hydroxylation is 1. The lowest BCUT2D eigenvalue weighted by Crippen LogP contribution is -1.98. The molecule has 0 saturated carbocycles. The number of benzene rings is 2. The highest BCUT2D eigenvalue weighted by molar-refractivity contribution is 7.85. The fourth-order valence-corrected chi connectivity index (χ4v) is 3.99. The minimum Gasteiger partial charge on any atom is -0.508 e. The predicted octanol–water partition coefficient (Wildman–Crippen LogP) is 6.89. The van der Waals surface area contributed by atoms with E-state index in [9.17, 15) is 18.1 Å². The van der Waals surface area contributed by atoms with Gasteiger partial charge in [0.15, 0.2) is 0 Å². The quantitative estimate of drug-likeness (QED) is 0.250. The zero-order chi connectivity index (χ0) is 21.8. The van der Waals surface area contributed by atoms with Gasteiger partial charge >= 0.3 is 0 Å². The van der Waals surface area contributed by atoms with Crippen molar-refractivity contribution in [3.8, 4) is 17.2 Å². The molecule has 166 valence electrons. The Labute approximate surface area is 180 Å². The van der Waals surface area contributed by atoms with Gasteiger partial charge in [-0.05, 0) is 36.6 Å². The highest BCUT2D eigenvalue weighted by Gasteiger charge is 2.12. The third-order valence-electron chi connectivity index (χ3n) is 5.18. The maximum atomic E-state index is 11.3. The zero-order valence-corrected chi connectivity index (χ0v) is 18.7. The number of phenolic OH excluding ortho intramolecular Hbond substituents is 1. The molecule has 6 heteroatoms. The fraction of sp³-hybridized carbons (Fsp3) is 0.500. The van der Waals surface area contributed by atoms with Crippen LogP contribution in [0.1, 0.15) is 76.7 Å². The van der Waals surface area contributed by atoms with Crippen LogP contribution in [0.5, 0.6) is 17.2 Å². The molecule has 0 aromatic heterocycles. The van der Waals surface area contributed by atoms with Gasteiger partial charge in [0.25, 0.3) is 10.1 Å². The molecule has 0 atom stereocenters. The molecule has 0 aliphatic carbocycles. The van der Waals surface area contributed by atoms with Crippen molar-refractivity contribution < 1.29 is 22.8 Å². The third kappa shape index (κ3) is 8.76. The van der Waals surface area contributed by atoms with Crippen LogP contribution in [0.15, 0.2) is 47.4 Å². The molecule has 0 radical (unpaired) electrons. The van der Waals surface area contributed by atoms with Crippen LogP contribution in [-0.4, -0.2) is 18.1 Å². The van der Waals surface area contributed by atoms with Crippen LogP contribution < -0.4 is 4.74 Å². The lowest BCUT2D eigenvalue weighted by molar-refractivity contribution is 0.448. The first-order valence-electron chi connectivity index (χ1n) is 11.0. The average Bonchev–Trinajstić information content (AvgIpc) is 2.70. The molecule has 0 aliphatic heterocycles. The van der Waals surface area contributed by atoms with Crippen LogP contribution in [-0.2, 0) is 16.5 Å². The van der Waals surface area contributed by atoms with Crippen LogP contribution in [0.25, 0.3) is 0 Å². The second-order valence-electron chi connectivity index (χ2n) is 7.78. The van der Waals surface area contributed by atoms with Crippen molar-refractivity contribution in [2.45, 2.75) is 82.4 Å². The van der Waals surface area contributed by atoms with Gasteiger partial charge in [0.2, 0.25) is 0 Å². The Kier molecular flexibility index (Phi) is 10.2. The van der Waals surface area contributed by atoms with Gasteiger partial charge in [0.05, 0.1) is 4.90 Å². The van der Waals surface area contributed by atoms with Crippen molar-refractivity contribution in [3.05, 3.63) is 48.0 Å². The monoisotopic (exact) mass is 434 g/mol. The largest absolute Gasteiger partial charge is 0.508 e. The van der Waals surface area contributed by atoms with Gasteiger partial charge in [-0.25, -0.2) is 0 Å². The summed E-state index contributed by atoms with van der Waals surface area (Å²) >= 11 is 0. The number of hydrogen-bond acceptors (Lipinski definition) is 4. The molecule has 30 heavy (non-hydrogen) atoms. The van der Waals surface area contributed by atoms with E-state index in [2.05, 4.69) is 6.92 Å². The van der Waals surface area contributed by atoms with Crippen LogP contribution in [0.2, 0.25) is 0 Å². The number of aromatic hydroxyl groups is 1. The predicted molar refractivity (Wildman–Crippen MR) is 120 cm³/mol. The van der Waals surface area contributed by atoms with E-state index in [0.29, 0.717) is 11.5 Å². The Morgan fingerprint density at radius 2 is 1.47 bits per heavy atom. The molecule has 0 fully saturated rings. The van der Waals surface area contributed by atoms with Gasteiger partial charge in [-0.15, -0.1) is 0 Å². The Morgan fingerprint density at radius 3 is 2.10 bits per heavy atom. The smallest absolute Gasteiger partial charge is 0.294 e. The maximum absolute atomic E-state index is 11.3. The van der Waals surface area contributed by atoms with Gasteiger partial charge in [-0.3, -0.25) is 4.55 Å². The van der Waals surface area contributed by atoms with Crippen LogP contribution >= 0.6 is 0 Å². The first-order valence-corrected chi connectivity index (χ1v) is 12.4. The Morgan fingerprint density at radius 1 is 0.833 bits per heavy atom. The highest BCUT2D eigenvalue weighted by atomic mass is 32.2. The second kappa shape index (κ2) is 12.6. The summed E-state index contributed by atoms with van der Waals surface area (Å²) in [6.07, 6.45) is 13.5. The van der Waals surface area contributed by atoms with Crippen molar-refractivity contribution in [1.82, 2.24) is 0 Å². The summed E-state index contributed by atoms with van der Waals surface area (Å²) in [5.74, 6) is 0.876. The summed E-state index contributed by atoms with van der Waals surface area (Å²) in [5.41, 5.74) is 0.963. The Balaban J connectivity index is 1.84. The molecule has 2 N–H and O–H groups in total. The molecule has 2 aromatic carbocycles. The van der Waals surface area contributed by atoms with E-state index >= 15 is 0 Å². The molecular formula is C24H34O5S. The molecule has 0 bridgehead atoms. The number of hydrogen-bond donors (Lipinski definition) is 2. The summed E-state index contributed by atoms with van der Waals surface area (Å²) in [6, 6.07) is 10.7. The van der Waals surface area contributed by atoms with E-state index in [1.54, 1.807) is 12.1 Å². The van der Waals surface area contributed by atoms with Gasteiger partial charge < -0.3 is 9.84 Å². The minimum atomic E-state index is -4.30. The Hall–Kier alpha value is -2.05. The van der Waals surface area contributed by atoms with Crippen LogP contribution in [0.4, 0.5) is 0 Å². The van der Waals surface area contributed by atoms with E-state index in [0.717, 1.165) is 24.8 Å². The molecule has 0 aliphatic rings. The molecule has 0 spiro atoms. The van der Waals surface area contributed by atoms with Crippen molar-refractivity contribution in [3.63, 3.8) is 0 Å². The number of rotatable bonds is 14. The molecule has 0 heterocycles. The van der Waals surface area contributed by atoms with Crippen molar-refractivity contribution in [1.29, 1.82) is 0 Å². The number of ether oxygens (including phenoxy) is 1.